The summed E-state index contributed by atoms with van der Waals surface area (Å²) in [4.78, 5) is 25.0. The summed E-state index contributed by atoms with van der Waals surface area (Å²) in [7, 11) is 1.67. The summed E-state index contributed by atoms with van der Waals surface area (Å²) in [6.45, 7) is 4.99. The zero-order valence-corrected chi connectivity index (χ0v) is 18.1. The second-order valence-electron chi connectivity index (χ2n) is 7.22. The highest BCUT2D eigenvalue weighted by Crippen LogP contribution is 2.21. The maximum Gasteiger partial charge on any atom is 0.338 e. The monoisotopic (exact) mass is 421 g/mol. The number of carbonyl (C=O) groups is 2. The molecule has 31 heavy (non-hydrogen) atoms. The van der Waals surface area contributed by atoms with Crippen LogP contribution < -0.4 is 4.74 Å². The molecule has 0 unspecified atom stereocenters. The predicted molar refractivity (Wildman–Crippen MR) is 118 cm³/mol. The van der Waals surface area contributed by atoms with Crippen LogP contribution in [0.2, 0.25) is 0 Å². The van der Waals surface area contributed by atoms with Crippen LogP contribution in [0.4, 0.5) is 0 Å². The van der Waals surface area contributed by atoms with Gasteiger partial charge in [0.25, 0.3) is 0 Å². The van der Waals surface area contributed by atoms with Gasteiger partial charge >= 0.3 is 5.97 Å². The Kier molecular flexibility index (Phi) is 7.62. The van der Waals surface area contributed by atoms with Gasteiger partial charge in [0.05, 0.1) is 5.56 Å². The number of ether oxygens (including phenoxy) is 3. The molecule has 0 spiro atoms. The van der Waals surface area contributed by atoms with Crippen LogP contribution in [0.25, 0.3) is 0 Å². The summed E-state index contributed by atoms with van der Waals surface area (Å²) < 4.78 is 18.1. The van der Waals surface area contributed by atoms with Crippen LogP contribution in [-0.2, 0) is 16.0 Å². The van der Waals surface area contributed by atoms with Crippen LogP contribution in [0.1, 0.15) is 38.5 Å². The quantitative estimate of drug-likeness (QED) is 0.263. The van der Waals surface area contributed by atoms with E-state index < -0.39 is 5.97 Å². The third-order valence-corrected chi connectivity index (χ3v) is 5.01. The van der Waals surface area contributed by atoms with Crippen molar-refractivity contribution < 1.29 is 23.8 Å². The van der Waals surface area contributed by atoms with Crippen LogP contribution in [0.15, 0.2) is 60.7 Å². The SMILES string of the molecule is COCCCn1c(C)cc(C(=O)COC(=O)c2ccc(Oc3ccccc3)cc2)c1C. The zero-order chi connectivity index (χ0) is 22.2. The maximum absolute atomic E-state index is 12.6. The number of esters is 1. The first-order valence-electron chi connectivity index (χ1n) is 10.2. The molecule has 0 N–H and O–H groups in total. The van der Waals surface area contributed by atoms with Crippen molar-refractivity contribution in [1.82, 2.24) is 4.57 Å². The number of aromatic nitrogens is 1. The Balaban J connectivity index is 1.56. The minimum absolute atomic E-state index is 0.219. The lowest BCUT2D eigenvalue weighted by molar-refractivity contribution is 0.0474. The topological polar surface area (TPSA) is 66.8 Å². The molecule has 6 nitrogen and oxygen atoms in total. The second-order valence-corrected chi connectivity index (χ2v) is 7.22. The van der Waals surface area contributed by atoms with Gasteiger partial charge in [-0.25, -0.2) is 4.79 Å². The van der Waals surface area contributed by atoms with E-state index in [9.17, 15) is 9.59 Å². The van der Waals surface area contributed by atoms with Gasteiger partial charge in [0.2, 0.25) is 5.78 Å². The van der Waals surface area contributed by atoms with E-state index in [4.69, 9.17) is 14.2 Å². The molecule has 0 aliphatic carbocycles. The smallest absolute Gasteiger partial charge is 0.338 e. The fourth-order valence-electron chi connectivity index (χ4n) is 3.37. The van der Waals surface area contributed by atoms with Crippen molar-refractivity contribution in [3.05, 3.63) is 83.2 Å². The first kappa shape index (κ1) is 22.3. The number of para-hydroxylation sites is 1. The van der Waals surface area contributed by atoms with Crippen molar-refractivity contribution in [1.29, 1.82) is 0 Å². The van der Waals surface area contributed by atoms with Crippen LogP contribution in [0.3, 0.4) is 0 Å². The number of hydrogen-bond acceptors (Lipinski definition) is 5. The molecule has 0 bridgehead atoms. The average molecular weight is 421 g/mol. The number of Topliss-reactive ketones (excluding diaryl/α,β-unsaturated/α-hetero) is 1. The van der Waals surface area contributed by atoms with Gasteiger partial charge in [0.15, 0.2) is 6.61 Å². The first-order valence-corrected chi connectivity index (χ1v) is 10.2. The summed E-state index contributed by atoms with van der Waals surface area (Å²) >= 11 is 0. The van der Waals surface area contributed by atoms with Gasteiger partial charge in [-0.15, -0.1) is 0 Å². The van der Waals surface area contributed by atoms with Crippen molar-refractivity contribution in [2.75, 3.05) is 20.3 Å². The number of nitrogens with zero attached hydrogens (tertiary/aromatic N) is 1. The van der Waals surface area contributed by atoms with E-state index in [1.165, 1.54) is 0 Å². The second kappa shape index (κ2) is 10.6. The van der Waals surface area contributed by atoms with E-state index in [1.54, 1.807) is 31.4 Å². The molecule has 3 aromatic rings. The summed E-state index contributed by atoms with van der Waals surface area (Å²) in [5, 5.41) is 0. The van der Waals surface area contributed by atoms with Crippen LogP contribution in [0, 0.1) is 13.8 Å². The van der Waals surface area contributed by atoms with E-state index >= 15 is 0 Å². The molecule has 0 saturated heterocycles. The van der Waals surface area contributed by atoms with E-state index in [0.29, 0.717) is 29.2 Å². The first-order chi connectivity index (χ1) is 15.0. The molecular formula is C25H27NO5. The molecule has 0 amide bonds. The Bertz CT molecular complexity index is 1020. The minimum atomic E-state index is -0.548. The molecule has 6 heteroatoms. The van der Waals surface area contributed by atoms with Gasteiger partial charge in [-0.3, -0.25) is 4.79 Å². The van der Waals surface area contributed by atoms with Crippen molar-refractivity contribution >= 4 is 11.8 Å². The van der Waals surface area contributed by atoms with Crippen molar-refractivity contribution in [2.45, 2.75) is 26.8 Å². The Morgan fingerprint density at radius 1 is 0.935 bits per heavy atom. The van der Waals surface area contributed by atoms with E-state index in [0.717, 1.165) is 24.4 Å². The minimum Gasteiger partial charge on any atom is -0.457 e. The van der Waals surface area contributed by atoms with E-state index in [2.05, 4.69) is 4.57 Å². The van der Waals surface area contributed by atoms with E-state index in [-0.39, 0.29) is 12.4 Å². The van der Waals surface area contributed by atoms with Crippen molar-refractivity contribution in [3.8, 4) is 11.5 Å². The van der Waals surface area contributed by atoms with Crippen molar-refractivity contribution in [2.24, 2.45) is 0 Å². The van der Waals surface area contributed by atoms with Crippen LogP contribution in [0.5, 0.6) is 11.5 Å². The number of ketones is 1. The number of benzene rings is 2. The predicted octanol–water partition coefficient (Wildman–Crippen LogP) is 4.97. The largest absolute Gasteiger partial charge is 0.457 e. The Hall–Kier alpha value is -3.38. The van der Waals surface area contributed by atoms with Gasteiger partial charge in [-0.05, 0) is 62.7 Å². The Labute approximate surface area is 182 Å². The standard InChI is InChI=1S/C25H27NO5/c1-18-16-23(19(2)26(18)14-7-15-29-3)24(27)17-30-25(28)20-10-12-22(13-11-20)31-21-8-5-4-6-9-21/h4-6,8-13,16H,7,14-15,17H2,1-3H3. The summed E-state index contributed by atoms with van der Waals surface area (Å²) in [6, 6.07) is 17.8. The lowest BCUT2D eigenvalue weighted by Crippen LogP contribution is -2.15. The fourth-order valence-corrected chi connectivity index (χ4v) is 3.37. The molecule has 0 aliphatic rings. The number of hydrogen-bond donors (Lipinski definition) is 0. The molecule has 1 heterocycles. The molecule has 0 radical (unpaired) electrons. The van der Waals surface area contributed by atoms with Crippen molar-refractivity contribution in [3.63, 3.8) is 0 Å². The zero-order valence-electron chi connectivity index (χ0n) is 18.1. The molecule has 0 aliphatic heterocycles. The fraction of sp³-hybridized carbons (Fsp3) is 0.280. The molecule has 0 atom stereocenters. The maximum atomic E-state index is 12.6. The molecule has 2 aromatic carbocycles. The number of aryl methyl sites for hydroxylation is 1. The summed E-state index contributed by atoms with van der Waals surface area (Å²) in [5.74, 6) is 0.556. The van der Waals surface area contributed by atoms with Gasteiger partial charge in [-0.2, -0.15) is 0 Å². The molecule has 162 valence electrons. The molecule has 0 saturated carbocycles. The highest BCUT2D eigenvalue weighted by molar-refractivity contribution is 6.00. The Morgan fingerprint density at radius 2 is 1.61 bits per heavy atom. The van der Waals surface area contributed by atoms with Gasteiger partial charge in [0.1, 0.15) is 11.5 Å². The number of methoxy groups -OCH3 is 1. The number of rotatable bonds is 10. The number of carbonyl (C=O) groups excluding carboxylic acids is 2. The highest BCUT2D eigenvalue weighted by Gasteiger charge is 2.18. The van der Waals surface area contributed by atoms with Gasteiger partial charge < -0.3 is 18.8 Å². The summed E-state index contributed by atoms with van der Waals surface area (Å²) in [5.41, 5.74) is 2.81. The van der Waals surface area contributed by atoms with Gasteiger partial charge in [0, 0.05) is 37.2 Å². The molecule has 0 fully saturated rings. The average Bonchev–Trinajstić information content (AvgIpc) is 3.07. The normalized spacial score (nSPS) is 10.7. The summed E-state index contributed by atoms with van der Waals surface area (Å²) in [6.07, 6.45) is 0.861. The lowest BCUT2D eigenvalue weighted by atomic mass is 10.1. The third kappa shape index (κ3) is 5.83. The molecule has 1 aromatic heterocycles. The highest BCUT2D eigenvalue weighted by atomic mass is 16.5. The lowest BCUT2D eigenvalue weighted by Gasteiger charge is -2.09. The van der Waals surface area contributed by atoms with E-state index in [1.807, 2.05) is 50.2 Å². The molecular weight excluding hydrogens is 394 g/mol. The molecule has 3 rings (SSSR count). The third-order valence-electron chi connectivity index (χ3n) is 5.01. The Morgan fingerprint density at radius 3 is 2.29 bits per heavy atom. The van der Waals surface area contributed by atoms with Crippen LogP contribution >= 0.6 is 0 Å². The van der Waals surface area contributed by atoms with Gasteiger partial charge in [-0.1, -0.05) is 18.2 Å². The van der Waals surface area contributed by atoms with Crippen LogP contribution in [-0.4, -0.2) is 36.6 Å².